The third-order valence-electron chi connectivity index (χ3n) is 4.37. The van der Waals surface area contributed by atoms with E-state index in [0.29, 0.717) is 12.2 Å². The Balaban J connectivity index is 2.19. The highest BCUT2D eigenvalue weighted by Crippen LogP contribution is 2.14. The van der Waals surface area contributed by atoms with Gasteiger partial charge in [0.1, 0.15) is 5.75 Å². The van der Waals surface area contributed by atoms with E-state index < -0.39 is 5.91 Å². The van der Waals surface area contributed by atoms with Crippen LogP contribution < -0.4 is 10.5 Å². The van der Waals surface area contributed by atoms with Gasteiger partial charge in [-0.25, -0.2) is 0 Å². The van der Waals surface area contributed by atoms with Crippen LogP contribution in [0.3, 0.4) is 0 Å². The average Bonchev–Trinajstić information content (AvgIpc) is 2.61. The van der Waals surface area contributed by atoms with Gasteiger partial charge in [-0.05, 0) is 90.5 Å². The minimum absolute atomic E-state index is 0.417. The molecule has 1 rings (SSSR count). The van der Waals surface area contributed by atoms with Gasteiger partial charge in [0.05, 0.1) is 6.61 Å². The van der Waals surface area contributed by atoms with Crippen molar-refractivity contribution in [3.8, 4) is 5.75 Å². The summed E-state index contributed by atoms with van der Waals surface area (Å²) in [6.45, 7) is 9.40. The van der Waals surface area contributed by atoms with Crippen LogP contribution in [0.15, 0.2) is 59.2 Å². The van der Waals surface area contributed by atoms with Crippen molar-refractivity contribution in [3.05, 3.63) is 64.8 Å². The molecule has 148 valence electrons. The van der Waals surface area contributed by atoms with E-state index in [2.05, 4.69) is 45.9 Å². The monoisotopic (exact) mass is 369 g/mol. The quantitative estimate of drug-likeness (QED) is 0.344. The second kappa shape index (κ2) is 13.0. The lowest BCUT2D eigenvalue weighted by Crippen LogP contribution is -2.10. The highest BCUT2D eigenvalue weighted by Gasteiger charge is 2.00. The van der Waals surface area contributed by atoms with Gasteiger partial charge >= 0.3 is 0 Å². The van der Waals surface area contributed by atoms with Gasteiger partial charge in [-0.1, -0.05) is 34.9 Å². The fraction of sp³-hybridized carbons (Fsp3) is 0.458. The first-order valence-electron chi connectivity index (χ1n) is 9.85. The van der Waals surface area contributed by atoms with Crippen molar-refractivity contribution in [1.29, 1.82) is 0 Å². The number of carbonyl (C=O) groups is 1. The van der Waals surface area contributed by atoms with Crippen molar-refractivity contribution in [3.63, 3.8) is 0 Å². The van der Waals surface area contributed by atoms with Crippen molar-refractivity contribution >= 4 is 5.91 Å². The summed E-state index contributed by atoms with van der Waals surface area (Å²) in [5.74, 6) is 0.356. The number of rotatable bonds is 12. The largest absolute Gasteiger partial charge is 0.494 e. The zero-order chi connectivity index (χ0) is 20.1. The molecule has 3 heteroatoms. The van der Waals surface area contributed by atoms with E-state index in [1.165, 1.54) is 16.7 Å². The van der Waals surface area contributed by atoms with Crippen molar-refractivity contribution in [2.75, 3.05) is 6.61 Å². The Kier molecular flexibility index (Phi) is 10.9. The molecule has 2 N–H and O–H groups in total. The van der Waals surface area contributed by atoms with Crippen LogP contribution >= 0.6 is 0 Å². The van der Waals surface area contributed by atoms with Crippen molar-refractivity contribution < 1.29 is 9.53 Å². The molecule has 0 aliphatic rings. The number of hydrogen-bond acceptors (Lipinski definition) is 2. The maximum Gasteiger partial charge on any atom is 0.248 e. The summed E-state index contributed by atoms with van der Waals surface area (Å²) in [4.78, 5) is 11.0. The fourth-order valence-corrected chi connectivity index (χ4v) is 2.68. The van der Waals surface area contributed by atoms with E-state index in [1.54, 1.807) is 24.3 Å². The SMILES string of the molecule is CC(C)=CCC/C(C)=C/CC/C(C)=C/CCCOc1ccc(C(N)=O)cc1. The van der Waals surface area contributed by atoms with Crippen molar-refractivity contribution in [2.24, 2.45) is 5.73 Å². The van der Waals surface area contributed by atoms with Crippen LogP contribution in [0.1, 0.15) is 76.6 Å². The zero-order valence-corrected chi connectivity index (χ0v) is 17.4. The Bertz CT molecular complexity index is 662. The van der Waals surface area contributed by atoms with Crippen molar-refractivity contribution in [1.82, 2.24) is 0 Å². The number of unbranched alkanes of at least 4 members (excludes halogenated alkanes) is 1. The van der Waals surface area contributed by atoms with Gasteiger partial charge in [0.25, 0.3) is 0 Å². The molecule has 0 bridgehead atoms. The molecule has 0 unspecified atom stereocenters. The third-order valence-corrected chi connectivity index (χ3v) is 4.37. The number of nitrogens with two attached hydrogens (primary N) is 1. The minimum Gasteiger partial charge on any atom is -0.494 e. The van der Waals surface area contributed by atoms with Gasteiger partial charge in [0.2, 0.25) is 5.91 Å². The Hall–Kier alpha value is -2.29. The van der Waals surface area contributed by atoms with Crippen molar-refractivity contribution in [2.45, 2.75) is 66.2 Å². The van der Waals surface area contributed by atoms with Crippen LogP contribution in [0, 0.1) is 0 Å². The van der Waals surface area contributed by atoms with Crippen LogP contribution in [-0.2, 0) is 0 Å². The number of allylic oxidation sites excluding steroid dienone is 6. The summed E-state index contributed by atoms with van der Waals surface area (Å²) in [6, 6.07) is 6.95. The number of ether oxygens (including phenoxy) is 1. The van der Waals surface area contributed by atoms with Crippen LogP contribution in [0.5, 0.6) is 5.75 Å². The van der Waals surface area contributed by atoms with Crippen LogP contribution in [-0.4, -0.2) is 12.5 Å². The lowest BCUT2D eigenvalue weighted by Gasteiger charge is -2.06. The summed E-state index contributed by atoms with van der Waals surface area (Å²) in [6.07, 6.45) is 13.5. The van der Waals surface area contributed by atoms with Gasteiger partial charge < -0.3 is 10.5 Å². The topological polar surface area (TPSA) is 52.3 Å². The van der Waals surface area contributed by atoms with E-state index >= 15 is 0 Å². The van der Waals surface area contributed by atoms with E-state index in [0.717, 1.165) is 44.3 Å². The molecular weight excluding hydrogens is 334 g/mol. The number of benzene rings is 1. The Morgan fingerprint density at radius 3 is 2.00 bits per heavy atom. The maximum absolute atomic E-state index is 11.0. The zero-order valence-electron chi connectivity index (χ0n) is 17.4. The number of hydrogen-bond donors (Lipinski definition) is 1. The molecule has 3 nitrogen and oxygen atoms in total. The molecule has 0 fully saturated rings. The van der Waals surface area contributed by atoms with E-state index in [1.807, 2.05) is 0 Å². The normalized spacial score (nSPS) is 12.0. The number of carbonyl (C=O) groups excluding carboxylic acids is 1. The smallest absolute Gasteiger partial charge is 0.248 e. The molecule has 1 amide bonds. The first-order valence-corrected chi connectivity index (χ1v) is 9.85. The van der Waals surface area contributed by atoms with E-state index in [9.17, 15) is 4.79 Å². The summed E-state index contributed by atoms with van der Waals surface area (Å²) in [5, 5.41) is 0. The highest BCUT2D eigenvalue weighted by molar-refractivity contribution is 5.92. The molecule has 0 aromatic heterocycles. The fourth-order valence-electron chi connectivity index (χ4n) is 2.68. The molecule has 0 saturated carbocycles. The second-order valence-corrected chi connectivity index (χ2v) is 7.34. The van der Waals surface area contributed by atoms with Gasteiger partial charge in [-0.15, -0.1) is 0 Å². The van der Waals surface area contributed by atoms with E-state index in [-0.39, 0.29) is 0 Å². The highest BCUT2D eigenvalue weighted by atomic mass is 16.5. The van der Waals surface area contributed by atoms with Crippen LogP contribution in [0.25, 0.3) is 0 Å². The average molecular weight is 370 g/mol. The number of primary amides is 1. The summed E-state index contributed by atoms with van der Waals surface area (Å²) < 4.78 is 5.69. The first kappa shape index (κ1) is 22.8. The first-order chi connectivity index (χ1) is 12.9. The second-order valence-electron chi connectivity index (χ2n) is 7.34. The molecule has 0 atom stereocenters. The third kappa shape index (κ3) is 11.1. The van der Waals surface area contributed by atoms with Gasteiger partial charge in [-0.2, -0.15) is 0 Å². The molecule has 0 aliphatic carbocycles. The predicted molar refractivity (Wildman–Crippen MR) is 115 cm³/mol. The molecule has 27 heavy (non-hydrogen) atoms. The summed E-state index contributed by atoms with van der Waals surface area (Å²) in [5.41, 5.74) is 10.0. The van der Waals surface area contributed by atoms with Gasteiger partial charge in [0.15, 0.2) is 0 Å². The molecule has 0 aliphatic heterocycles. The summed E-state index contributed by atoms with van der Waals surface area (Å²) in [7, 11) is 0. The molecule has 1 aromatic carbocycles. The molecule has 0 saturated heterocycles. The number of amides is 1. The standard InChI is InChI=1S/C24H35NO2/c1-19(2)9-7-11-21(4)13-8-12-20(3)10-5-6-18-27-23-16-14-22(15-17-23)24(25)26/h9-10,13-17H,5-8,11-12,18H2,1-4H3,(H2,25,26)/b20-10+,21-13+. The maximum atomic E-state index is 11.0. The Labute approximate surface area is 165 Å². The van der Waals surface area contributed by atoms with Crippen LogP contribution in [0.2, 0.25) is 0 Å². The van der Waals surface area contributed by atoms with Crippen LogP contribution in [0.4, 0.5) is 0 Å². The van der Waals surface area contributed by atoms with E-state index in [4.69, 9.17) is 10.5 Å². The van der Waals surface area contributed by atoms with Gasteiger partial charge in [0, 0.05) is 5.56 Å². The van der Waals surface area contributed by atoms with Gasteiger partial charge in [-0.3, -0.25) is 4.79 Å². The summed E-state index contributed by atoms with van der Waals surface area (Å²) >= 11 is 0. The molecule has 0 heterocycles. The minimum atomic E-state index is -0.417. The molecule has 0 radical (unpaired) electrons. The molecule has 0 spiro atoms. The Morgan fingerprint density at radius 2 is 1.44 bits per heavy atom. The predicted octanol–water partition coefficient (Wildman–Crippen LogP) is 6.36. The Morgan fingerprint density at radius 1 is 0.889 bits per heavy atom. The molecular formula is C24H35NO2. The molecule has 1 aromatic rings. The lowest BCUT2D eigenvalue weighted by molar-refractivity contribution is 0.100. The lowest BCUT2D eigenvalue weighted by atomic mass is 10.1.